The minimum Gasteiger partial charge on any atom is -0.462 e. The van der Waals surface area contributed by atoms with E-state index in [1.54, 1.807) is 0 Å². The van der Waals surface area contributed by atoms with Gasteiger partial charge in [-0.3, -0.25) is 14.4 Å². The zero-order valence-electron chi connectivity index (χ0n) is 47.9. The number of allylic oxidation sites excluding steroid dienone is 16. The number of hydrogen-bond donors (Lipinski definition) is 0. The molecule has 0 rings (SSSR count). The molecule has 1 unspecified atom stereocenters. The number of esters is 3. The summed E-state index contributed by atoms with van der Waals surface area (Å²) in [6.45, 7) is 6.48. The zero-order chi connectivity index (χ0) is 52.9. The van der Waals surface area contributed by atoms with Crippen LogP contribution in [0.3, 0.4) is 0 Å². The average Bonchev–Trinajstić information content (AvgIpc) is 3.39. The largest absolute Gasteiger partial charge is 0.462 e. The molecule has 0 aromatic carbocycles. The number of unbranched alkanes of at least 4 members (excludes halogenated alkanes) is 28. The predicted molar refractivity (Wildman–Crippen MR) is 316 cm³/mol. The van der Waals surface area contributed by atoms with Crippen LogP contribution in [-0.4, -0.2) is 37.2 Å². The van der Waals surface area contributed by atoms with Gasteiger partial charge in [0, 0.05) is 19.3 Å². The second-order valence-corrected chi connectivity index (χ2v) is 20.2. The van der Waals surface area contributed by atoms with Crippen LogP contribution in [0, 0.1) is 0 Å². The number of carbonyl (C=O) groups excluding carboxylic acids is 3. The Bertz CT molecular complexity index is 1440. The molecule has 0 saturated heterocycles. The van der Waals surface area contributed by atoms with Gasteiger partial charge in [0.25, 0.3) is 0 Å². The maximum Gasteiger partial charge on any atom is 0.306 e. The summed E-state index contributed by atoms with van der Waals surface area (Å²) in [5.74, 6) is -0.939. The first-order valence-corrected chi connectivity index (χ1v) is 30.7. The van der Waals surface area contributed by atoms with Crippen LogP contribution >= 0.6 is 0 Å². The fourth-order valence-corrected chi connectivity index (χ4v) is 8.44. The summed E-state index contributed by atoms with van der Waals surface area (Å²) in [7, 11) is 0. The predicted octanol–water partition coefficient (Wildman–Crippen LogP) is 20.9. The molecule has 0 aromatic rings. The smallest absolute Gasteiger partial charge is 0.306 e. The summed E-state index contributed by atoms with van der Waals surface area (Å²) in [6.07, 6.45) is 81.2. The molecule has 73 heavy (non-hydrogen) atoms. The first-order chi connectivity index (χ1) is 36.0. The van der Waals surface area contributed by atoms with Gasteiger partial charge >= 0.3 is 17.9 Å². The molecule has 0 aliphatic rings. The molecule has 418 valence electrons. The molecule has 0 aliphatic heterocycles. The molecule has 6 nitrogen and oxygen atoms in total. The van der Waals surface area contributed by atoms with Crippen LogP contribution in [0.15, 0.2) is 97.2 Å². The Kier molecular flexibility index (Phi) is 57.8. The molecule has 1 atom stereocenters. The van der Waals surface area contributed by atoms with E-state index >= 15 is 0 Å². The molecule has 0 amide bonds. The van der Waals surface area contributed by atoms with Gasteiger partial charge in [0.1, 0.15) is 13.2 Å². The molecule has 0 N–H and O–H groups in total. The number of carbonyl (C=O) groups is 3. The van der Waals surface area contributed by atoms with Gasteiger partial charge in [-0.25, -0.2) is 0 Å². The molecule has 6 heteroatoms. The Balaban J connectivity index is 4.44. The van der Waals surface area contributed by atoms with Crippen LogP contribution in [0.25, 0.3) is 0 Å². The number of rotatable bonds is 55. The van der Waals surface area contributed by atoms with E-state index < -0.39 is 6.10 Å². The fourth-order valence-electron chi connectivity index (χ4n) is 8.44. The second-order valence-electron chi connectivity index (χ2n) is 20.2. The van der Waals surface area contributed by atoms with E-state index in [-0.39, 0.29) is 37.5 Å². The molecule has 0 aliphatic carbocycles. The lowest BCUT2D eigenvalue weighted by atomic mass is 10.1. The van der Waals surface area contributed by atoms with Gasteiger partial charge in [-0.15, -0.1) is 0 Å². The number of hydrogen-bond acceptors (Lipinski definition) is 6. The first kappa shape index (κ1) is 69.3. The van der Waals surface area contributed by atoms with Crippen LogP contribution < -0.4 is 0 Å². The van der Waals surface area contributed by atoms with E-state index in [2.05, 4.69) is 118 Å². The van der Waals surface area contributed by atoms with Gasteiger partial charge < -0.3 is 14.2 Å². The van der Waals surface area contributed by atoms with E-state index in [0.29, 0.717) is 12.8 Å². The van der Waals surface area contributed by atoms with Crippen molar-refractivity contribution in [3.8, 4) is 0 Å². The molecule has 0 radical (unpaired) electrons. The van der Waals surface area contributed by atoms with Gasteiger partial charge in [0.05, 0.1) is 0 Å². The summed E-state index contributed by atoms with van der Waals surface area (Å²) in [5.41, 5.74) is 0. The average molecular weight is 1020 g/mol. The summed E-state index contributed by atoms with van der Waals surface area (Å²) in [6, 6.07) is 0. The minimum atomic E-state index is -0.804. The van der Waals surface area contributed by atoms with Crippen molar-refractivity contribution < 1.29 is 28.6 Å². The third kappa shape index (κ3) is 59.1. The van der Waals surface area contributed by atoms with Gasteiger partial charge in [-0.1, -0.05) is 246 Å². The van der Waals surface area contributed by atoms with E-state index in [9.17, 15) is 14.4 Å². The molecule has 0 fully saturated rings. The van der Waals surface area contributed by atoms with Crippen LogP contribution in [0.2, 0.25) is 0 Å². The van der Waals surface area contributed by atoms with Gasteiger partial charge in [0.15, 0.2) is 6.10 Å². The van der Waals surface area contributed by atoms with E-state index in [1.807, 2.05) is 0 Å². The molecule has 0 bridgehead atoms. The Morgan fingerprint density at radius 3 is 0.890 bits per heavy atom. The van der Waals surface area contributed by atoms with Crippen LogP contribution in [0.1, 0.15) is 290 Å². The van der Waals surface area contributed by atoms with Crippen molar-refractivity contribution in [2.75, 3.05) is 13.2 Å². The van der Waals surface area contributed by atoms with Crippen molar-refractivity contribution >= 4 is 17.9 Å². The van der Waals surface area contributed by atoms with E-state index in [0.717, 1.165) is 122 Å². The van der Waals surface area contributed by atoms with Crippen molar-refractivity contribution in [1.29, 1.82) is 0 Å². The second kappa shape index (κ2) is 60.9. The highest BCUT2D eigenvalue weighted by atomic mass is 16.6. The lowest BCUT2D eigenvalue weighted by Crippen LogP contribution is -2.30. The first-order valence-electron chi connectivity index (χ1n) is 30.7. The summed E-state index contributed by atoms with van der Waals surface area (Å²) < 4.78 is 16.9. The molecule has 0 heterocycles. The van der Waals surface area contributed by atoms with Crippen LogP contribution in [-0.2, 0) is 28.6 Å². The molecule has 0 spiro atoms. The lowest BCUT2D eigenvalue weighted by molar-refractivity contribution is -0.167. The quantitative estimate of drug-likeness (QED) is 0.0261. The third-order valence-corrected chi connectivity index (χ3v) is 13.0. The molecular weight excluding hydrogens is 901 g/mol. The van der Waals surface area contributed by atoms with Crippen molar-refractivity contribution in [2.45, 2.75) is 297 Å². The summed E-state index contributed by atoms with van der Waals surface area (Å²) in [5, 5.41) is 0. The summed E-state index contributed by atoms with van der Waals surface area (Å²) in [4.78, 5) is 38.3. The maximum absolute atomic E-state index is 12.9. The Hall–Kier alpha value is -3.67. The van der Waals surface area contributed by atoms with Crippen molar-refractivity contribution in [3.05, 3.63) is 97.2 Å². The van der Waals surface area contributed by atoms with Gasteiger partial charge in [-0.05, 0) is 122 Å². The topological polar surface area (TPSA) is 78.9 Å². The monoisotopic (exact) mass is 1010 g/mol. The standard InChI is InChI=1S/C67H114O6/c1-4-7-10-13-16-19-22-25-28-30-32-33-35-36-39-42-45-48-51-54-57-60-66(69)72-63-64(62-71-65(68)59-56-53-50-47-44-41-38-27-24-21-18-15-12-9-6-3)73-67(70)61-58-55-52-49-46-43-40-37-34-31-29-26-23-20-17-14-11-8-5-2/h8,11,17-18,20-21,26-27,29-30,32,34,37-38,43,46,64H,4-7,9-10,12-16,19,22-25,28,31,33,35-36,39-42,44-45,47-63H2,1-3H3/b11-8-,20-17-,21-18-,29-26-,32-30-,37-34-,38-27-,46-43-. The van der Waals surface area contributed by atoms with Crippen molar-refractivity contribution in [3.63, 3.8) is 0 Å². The lowest BCUT2D eigenvalue weighted by Gasteiger charge is -2.18. The van der Waals surface area contributed by atoms with Gasteiger partial charge in [0.2, 0.25) is 0 Å². The highest BCUT2D eigenvalue weighted by Gasteiger charge is 2.19. The highest BCUT2D eigenvalue weighted by Crippen LogP contribution is 2.15. The maximum atomic E-state index is 12.9. The number of ether oxygens (including phenoxy) is 3. The molecule has 0 aromatic heterocycles. The Morgan fingerprint density at radius 1 is 0.288 bits per heavy atom. The Labute approximate surface area is 451 Å². The van der Waals surface area contributed by atoms with E-state index in [4.69, 9.17) is 14.2 Å². The van der Waals surface area contributed by atoms with Crippen molar-refractivity contribution in [1.82, 2.24) is 0 Å². The summed E-state index contributed by atoms with van der Waals surface area (Å²) >= 11 is 0. The third-order valence-electron chi connectivity index (χ3n) is 13.0. The van der Waals surface area contributed by atoms with Gasteiger partial charge in [-0.2, -0.15) is 0 Å². The Morgan fingerprint density at radius 2 is 0.534 bits per heavy atom. The van der Waals surface area contributed by atoms with Crippen molar-refractivity contribution in [2.24, 2.45) is 0 Å². The SMILES string of the molecule is CC/C=C\C/C=C\C/C=C\C/C=C\C/C=C\CCCCCC(=O)OC(COC(=O)CCCCCCC/C=C\C/C=C\CCCCC)COC(=O)CCCCCCCCCCC/C=C\CCCCCCCCCC. The van der Waals surface area contributed by atoms with E-state index in [1.165, 1.54) is 128 Å². The fraction of sp³-hybridized carbons (Fsp3) is 0.716. The zero-order valence-corrected chi connectivity index (χ0v) is 47.9. The minimum absolute atomic E-state index is 0.0966. The van der Waals surface area contributed by atoms with Crippen LogP contribution in [0.4, 0.5) is 0 Å². The normalized spacial score (nSPS) is 12.8. The molecular formula is C67H114O6. The molecule has 0 saturated carbocycles. The van der Waals surface area contributed by atoms with Crippen LogP contribution in [0.5, 0.6) is 0 Å². The highest BCUT2D eigenvalue weighted by molar-refractivity contribution is 5.71.